The van der Waals surface area contributed by atoms with Gasteiger partial charge in [-0.2, -0.15) is 4.98 Å². The van der Waals surface area contributed by atoms with Gasteiger partial charge in [0.1, 0.15) is 6.54 Å². The van der Waals surface area contributed by atoms with Crippen LogP contribution in [-0.2, 0) is 12.0 Å². The minimum atomic E-state index is -0.151. The molecule has 0 aliphatic carbocycles. The molecular formula is C13H22N6O. The van der Waals surface area contributed by atoms with E-state index in [0.29, 0.717) is 18.3 Å². The molecule has 0 radical (unpaired) electrons. The van der Waals surface area contributed by atoms with Crippen LogP contribution < -0.4 is 5.73 Å². The van der Waals surface area contributed by atoms with Crippen molar-refractivity contribution in [1.82, 2.24) is 25.1 Å². The van der Waals surface area contributed by atoms with Gasteiger partial charge in [-0.05, 0) is 6.42 Å². The molecule has 0 fully saturated rings. The normalized spacial score (nSPS) is 13.7. The molecule has 2 N–H and O–H groups in total. The molecule has 0 amide bonds. The fourth-order valence-corrected chi connectivity index (χ4v) is 1.79. The Morgan fingerprint density at radius 1 is 1.40 bits per heavy atom. The zero-order valence-corrected chi connectivity index (χ0v) is 12.5. The molecule has 7 heteroatoms. The minimum Gasteiger partial charge on any atom is -0.339 e. The van der Waals surface area contributed by atoms with E-state index in [1.165, 1.54) is 0 Å². The van der Waals surface area contributed by atoms with E-state index in [1.807, 2.05) is 27.0 Å². The van der Waals surface area contributed by atoms with E-state index in [1.54, 1.807) is 4.68 Å². The first-order chi connectivity index (χ1) is 9.40. The molecule has 2 rings (SSSR count). The monoisotopic (exact) mass is 278 g/mol. The molecule has 0 aliphatic rings. The van der Waals surface area contributed by atoms with Crippen molar-refractivity contribution in [2.45, 2.75) is 58.5 Å². The summed E-state index contributed by atoms with van der Waals surface area (Å²) in [6, 6.07) is -0.0656. The first kappa shape index (κ1) is 14.6. The lowest BCUT2D eigenvalue weighted by molar-refractivity contribution is 0.317. The first-order valence-corrected chi connectivity index (χ1v) is 6.89. The lowest BCUT2D eigenvalue weighted by atomic mass is 9.97. The number of nitrogens with zero attached hydrogens (tertiary/aromatic N) is 5. The summed E-state index contributed by atoms with van der Waals surface area (Å²) in [5, 5.41) is 12.1. The van der Waals surface area contributed by atoms with E-state index in [-0.39, 0.29) is 11.5 Å². The van der Waals surface area contributed by atoms with Gasteiger partial charge in [-0.3, -0.25) is 0 Å². The van der Waals surface area contributed by atoms with Crippen LogP contribution in [0.15, 0.2) is 10.7 Å². The molecule has 0 spiro atoms. The summed E-state index contributed by atoms with van der Waals surface area (Å²) in [6.45, 7) is 8.62. The van der Waals surface area contributed by atoms with Crippen LogP contribution in [-0.4, -0.2) is 25.1 Å². The Hall–Kier alpha value is -1.76. The molecular weight excluding hydrogens is 256 g/mol. The summed E-state index contributed by atoms with van der Waals surface area (Å²) in [6.07, 6.45) is 3.76. The summed E-state index contributed by atoms with van der Waals surface area (Å²) in [5.41, 5.74) is 6.65. The van der Waals surface area contributed by atoms with Crippen LogP contribution >= 0.6 is 0 Å². The Bertz CT molecular complexity index is 553. The van der Waals surface area contributed by atoms with Crippen molar-refractivity contribution in [3.63, 3.8) is 0 Å². The Morgan fingerprint density at radius 2 is 2.15 bits per heavy atom. The Kier molecular flexibility index (Phi) is 4.17. The second-order valence-electron chi connectivity index (χ2n) is 6.00. The van der Waals surface area contributed by atoms with Gasteiger partial charge < -0.3 is 10.3 Å². The van der Waals surface area contributed by atoms with E-state index in [2.05, 4.69) is 27.4 Å². The average molecular weight is 278 g/mol. The van der Waals surface area contributed by atoms with Gasteiger partial charge in [0.2, 0.25) is 5.89 Å². The van der Waals surface area contributed by atoms with Gasteiger partial charge in [0.25, 0.3) is 0 Å². The van der Waals surface area contributed by atoms with Crippen molar-refractivity contribution in [2.24, 2.45) is 5.73 Å². The maximum absolute atomic E-state index is 6.01. The van der Waals surface area contributed by atoms with E-state index in [9.17, 15) is 0 Å². The second kappa shape index (κ2) is 5.70. The van der Waals surface area contributed by atoms with Gasteiger partial charge in [-0.15, -0.1) is 5.10 Å². The van der Waals surface area contributed by atoms with Crippen LogP contribution in [0.1, 0.15) is 64.0 Å². The van der Waals surface area contributed by atoms with Gasteiger partial charge >= 0.3 is 0 Å². The quantitative estimate of drug-likeness (QED) is 0.896. The van der Waals surface area contributed by atoms with Crippen LogP contribution in [0.2, 0.25) is 0 Å². The van der Waals surface area contributed by atoms with Crippen molar-refractivity contribution in [1.29, 1.82) is 0 Å². The molecule has 1 atom stereocenters. The highest BCUT2D eigenvalue weighted by Crippen LogP contribution is 2.20. The van der Waals surface area contributed by atoms with Crippen molar-refractivity contribution in [3.05, 3.63) is 23.6 Å². The van der Waals surface area contributed by atoms with E-state index < -0.39 is 0 Å². The maximum atomic E-state index is 6.01. The van der Waals surface area contributed by atoms with Crippen LogP contribution in [0.3, 0.4) is 0 Å². The first-order valence-electron chi connectivity index (χ1n) is 6.89. The predicted octanol–water partition coefficient (Wildman–Crippen LogP) is 1.81. The summed E-state index contributed by atoms with van der Waals surface area (Å²) >= 11 is 0. The fraction of sp³-hybridized carbons (Fsp3) is 0.692. The highest BCUT2D eigenvalue weighted by atomic mass is 16.5. The molecule has 0 saturated carbocycles. The number of aromatic nitrogens is 5. The number of nitrogens with two attached hydrogens (primary N) is 1. The lowest BCUT2D eigenvalue weighted by Gasteiger charge is -2.10. The zero-order valence-electron chi connectivity index (χ0n) is 12.5. The van der Waals surface area contributed by atoms with Crippen LogP contribution in [0.4, 0.5) is 0 Å². The molecule has 0 aromatic carbocycles. The highest BCUT2D eigenvalue weighted by Gasteiger charge is 2.22. The van der Waals surface area contributed by atoms with E-state index >= 15 is 0 Å². The van der Waals surface area contributed by atoms with Crippen LogP contribution in [0.5, 0.6) is 0 Å². The molecule has 0 saturated heterocycles. The molecule has 20 heavy (non-hydrogen) atoms. The molecule has 0 bridgehead atoms. The van der Waals surface area contributed by atoms with Crippen molar-refractivity contribution in [3.8, 4) is 0 Å². The molecule has 2 heterocycles. The highest BCUT2D eigenvalue weighted by molar-refractivity contribution is 5.02. The second-order valence-corrected chi connectivity index (χ2v) is 6.00. The van der Waals surface area contributed by atoms with E-state index in [0.717, 1.165) is 18.5 Å². The standard InChI is InChI=1S/C13H22N6O/c1-5-6-9(14)10-7-19(18-16-10)8-11-15-12(20-17-11)13(2,3)4/h7,9H,5-6,8,14H2,1-4H3. The average Bonchev–Trinajstić information content (AvgIpc) is 2.98. The third-order valence-corrected chi connectivity index (χ3v) is 2.95. The SMILES string of the molecule is CCCC(N)c1cn(Cc2noc(C(C)(C)C)n2)nn1. The fourth-order valence-electron chi connectivity index (χ4n) is 1.79. The molecule has 7 nitrogen and oxygen atoms in total. The molecule has 1 unspecified atom stereocenters. The van der Waals surface area contributed by atoms with E-state index in [4.69, 9.17) is 10.3 Å². The molecule has 0 aliphatic heterocycles. The summed E-state index contributed by atoms with van der Waals surface area (Å²) in [4.78, 5) is 4.37. The smallest absolute Gasteiger partial charge is 0.232 e. The van der Waals surface area contributed by atoms with Crippen molar-refractivity contribution in [2.75, 3.05) is 0 Å². The van der Waals surface area contributed by atoms with Gasteiger partial charge in [-0.1, -0.05) is 44.5 Å². The van der Waals surface area contributed by atoms with Crippen molar-refractivity contribution >= 4 is 0 Å². The third-order valence-electron chi connectivity index (χ3n) is 2.95. The van der Waals surface area contributed by atoms with Crippen LogP contribution in [0, 0.1) is 0 Å². The Morgan fingerprint density at radius 3 is 2.75 bits per heavy atom. The summed E-state index contributed by atoms with van der Waals surface area (Å²) in [5.74, 6) is 1.21. The van der Waals surface area contributed by atoms with Gasteiger partial charge in [0.05, 0.1) is 17.9 Å². The zero-order chi connectivity index (χ0) is 14.8. The summed E-state index contributed by atoms with van der Waals surface area (Å²) < 4.78 is 6.93. The van der Waals surface area contributed by atoms with Gasteiger partial charge in [0, 0.05) is 5.41 Å². The van der Waals surface area contributed by atoms with Gasteiger partial charge in [0.15, 0.2) is 5.82 Å². The number of hydrogen-bond donors (Lipinski definition) is 1. The molecule has 2 aromatic heterocycles. The largest absolute Gasteiger partial charge is 0.339 e. The van der Waals surface area contributed by atoms with Gasteiger partial charge in [-0.25, -0.2) is 4.68 Å². The topological polar surface area (TPSA) is 95.7 Å². The summed E-state index contributed by atoms with van der Waals surface area (Å²) in [7, 11) is 0. The Labute approximate surface area is 118 Å². The Balaban J connectivity index is 2.05. The molecule has 2 aromatic rings. The third kappa shape index (κ3) is 3.41. The van der Waals surface area contributed by atoms with Crippen LogP contribution in [0.25, 0.3) is 0 Å². The molecule has 110 valence electrons. The number of rotatable bonds is 5. The van der Waals surface area contributed by atoms with Crippen molar-refractivity contribution < 1.29 is 4.52 Å². The maximum Gasteiger partial charge on any atom is 0.232 e. The lowest BCUT2D eigenvalue weighted by Crippen LogP contribution is -2.12. The number of hydrogen-bond acceptors (Lipinski definition) is 6. The minimum absolute atomic E-state index is 0.0656. The predicted molar refractivity (Wildman–Crippen MR) is 74.0 cm³/mol.